The topological polar surface area (TPSA) is 101 Å². The van der Waals surface area contributed by atoms with Gasteiger partial charge in [-0.3, -0.25) is 4.79 Å². The molecule has 1 atom stereocenters. The fourth-order valence-electron chi connectivity index (χ4n) is 3.51. The minimum absolute atomic E-state index is 0.181. The molecule has 3 rings (SSSR count). The molecule has 1 aromatic heterocycles. The number of hydrogen-bond donors (Lipinski definition) is 3. The summed E-state index contributed by atoms with van der Waals surface area (Å²) in [5.74, 6) is 0.0927. The Kier molecular flexibility index (Phi) is 8.41. The molecule has 33 heavy (non-hydrogen) atoms. The minimum atomic E-state index is -1.07. The van der Waals surface area contributed by atoms with Crippen LogP contribution in [0.25, 0.3) is 0 Å². The highest BCUT2D eigenvalue weighted by Crippen LogP contribution is 2.16. The third kappa shape index (κ3) is 7.07. The van der Waals surface area contributed by atoms with E-state index in [0.717, 1.165) is 35.5 Å². The zero-order chi connectivity index (χ0) is 23.6. The standard InChI is InChI=1S/C26H29N3O4/c1-18-7-5-8-19(2)24(18)25(30)29-22(26(31)32)17-20-10-12-21(13-11-20)33-16-6-15-28-23-9-3-4-14-27-23/h3-5,7-14,22H,6,15-17H2,1-2H3,(H,27,28)(H,29,30)(H,31,32)/t22-/m0/s1. The van der Waals surface area contributed by atoms with Gasteiger partial charge in [-0.05, 0) is 61.2 Å². The van der Waals surface area contributed by atoms with E-state index in [1.165, 1.54) is 0 Å². The number of benzene rings is 2. The molecule has 172 valence electrons. The molecule has 1 amide bonds. The maximum Gasteiger partial charge on any atom is 0.326 e. The van der Waals surface area contributed by atoms with Gasteiger partial charge in [0.25, 0.3) is 5.91 Å². The zero-order valence-electron chi connectivity index (χ0n) is 18.9. The molecule has 0 bridgehead atoms. The Morgan fingerprint density at radius 2 is 1.73 bits per heavy atom. The van der Waals surface area contributed by atoms with Gasteiger partial charge in [-0.25, -0.2) is 9.78 Å². The van der Waals surface area contributed by atoms with E-state index in [2.05, 4.69) is 15.6 Å². The summed E-state index contributed by atoms with van der Waals surface area (Å²) in [5.41, 5.74) is 2.94. The lowest BCUT2D eigenvalue weighted by molar-refractivity contribution is -0.139. The first-order chi connectivity index (χ1) is 15.9. The molecule has 0 aliphatic heterocycles. The van der Waals surface area contributed by atoms with Crippen molar-refractivity contribution in [2.75, 3.05) is 18.5 Å². The first kappa shape index (κ1) is 23.8. The third-order valence-corrected chi connectivity index (χ3v) is 5.24. The summed E-state index contributed by atoms with van der Waals surface area (Å²) in [7, 11) is 0. The molecule has 0 aliphatic carbocycles. The molecule has 0 saturated carbocycles. The van der Waals surface area contributed by atoms with E-state index in [0.29, 0.717) is 17.9 Å². The fraction of sp³-hybridized carbons (Fsp3) is 0.269. The molecule has 7 nitrogen and oxygen atoms in total. The van der Waals surface area contributed by atoms with E-state index in [9.17, 15) is 14.7 Å². The highest BCUT2D eigenvalue weighted by atomic mass is 16.5. The maximum atomic E-state index is 12.7. The van der Waals surface area contributed by atoms with E-state index in [1.807, 2.05) is 74.5 Å². The van der Waals surface area contributed by atoms with E-state index in [4.69, 9.17) is 4.74 Å². The zero-order valence-corrected chi connectivity index (χ0v) is 18.9. The molecule has 2 aromatic carbocycles. The molecule has 0 radical (unpaired) electrons. The van der Waals surface area contributed by atoms with Gasteiger partial charge in [0.1, 0.15) is 17.6 Å². The smallest absolute Gasteiger partial charge is 0.326 e. The van der Waals surface area contributed by atoms with Crippen molar-refractivity contribution in [1.29, 1.82) is 0 Å². The lowest BCUT2D eigenvalue weighted by atomic mass is 10.0. The van der Waals surface area contributed by atoms with Crippen LogP contribution >= 0.6 is 0 Å². The fourth-order valence-corrected chi connectivity index (χ4v) is 3.51. The Labute approximate surface area is 193 Å². The molecule has 3 N–H and O–H groups in total. The third-order valence-electron chi connectivity index (χ3n) is 5.24. The number of aromatic nitrogens is 1. The number of ether oxygens (including phenoxy) is 1. The van der Waals surface area contributed by atoms with Crippen LogP contribution in [0.2, 0.25) is 0 Å². The average Bonchev–Trinajstić information content (AvgIpc) is 2.80. The van der Waals surface area contributed by atoms with Crippen LogP contribution in [0.4, 0.5) is 5.82 Å². The number of nitrogens with one attached hydrogen (secondary N) is 2. The Hall–Kier alpha value is -3.87. The van der Waals surface area contributed by atoms with Gasteiger partial charge in [0.2, 0.25) is 0 Å². The Morgan fingerprint density at radius 1 is 1.00 bits per heavy atom. The monoisotopic (exact) mass is 447 g/mol. The number of aliphatic carboxylic acids is 1. The molecular formula is C26H29N3O4. The Balaban J connectivity index is 1.49. The van der Waals surface area contributed by atoms with Crippen LogP contribution in [0.3, 0.4) is 0 Å². The molecule has 0 aliphatic rings. The number of carboxylic acids is 1. The molecular weight excluding hydrogens is 418 g/mol. The number of carbonyl (C=O) groups is 2. The van der Waals surface area contributed by atoms with Gasteiger partial charge in [-0.2, -0.15) is 0 Å². The molecule has 0 unspecified atom stereocenters. The lowest BCUT2D eigenvalue weighted by Gasteiger charge is -2.17. The number of nitrogens with zero attached hydrogens (tertiary/aromatic N) is 1. The second-order valence-electron chi connectivity index (χ2n) is 7.82. The van der Waals surface area contributed by atoms with Gasteiger partial charge in [-0.15, -0.1) is 0 Å². The molecule has 0 fully saturated rings. The van der Waals surface area contributed by atoms with Crippen molar-refractivity contribution in [3.05, 3.63) is 89.1 Å². The maximum absolute atomic E-state index is 12.7. The number of amides is 1. The van der Waals surface area contributed by atoms with Crippen LogP contribution in [-0.2, 0) is 11.2 Å². The van der Waals surface area contributed by atoms with E-state index in [-0.39, 0.29) is 12.3 Å². The van der Waals surface area contributed by atoms with Crippen molar-refractivity contribution in [1.82, 2.24) is 10.3 Å². The average molecular weight is 448 g/mol. The van der Waals surface area contributed by atoms with Crippen molar-refractivity contribution < 1.29 is 19.4 Å². The van der Waals surface area contributed by atoms with Crippen LogP contribution in [0.15, 0.2) is 66.9 Å². The Morgan fingerprint density at radius 3 is 2.36 bits per heavy atom. The van der Waals surface area contributed by atoms with Gasteiger partial charge in [0, 0.05) is 24.7 Å². The van der Waals surface area contributed by atoms with Crippen LogP contribution in [0.1, 0.15) is 33.5 Å². The second-order valence-corrected chi connectivity index (χ2v) is 7.82. The predicted molar refractivity (Wildman–Crippen MR) is 128 cm³/mol. The molecule has 1 heterocycles. The van der Waals surface area contributed by atoms with Gasteiger partial charge >= 0.3 is 5.97 Å². The summed E-state index contributed by atoms with van der Waals surface area (Å²) < 4.78 is 5.75. The van der Waals surface area contributed by atoms with Crippen molar-refractivity contribution >= 4 is 17.7 Å². The largest absolute Gasteiger partial charge is 0.494 e. The number of pyridine rings is 1. The highest BCUT2D eigenvalue weighted by molar-refractivity contribution is 5.99. The van der Waals surface area contributed by atoms with Crippen LogP contribution in [-0.4, -0.2) is 41.2 Å². The van der Waals surface area contributed by atoms with Crippen molar-refractivity contribution in [3.63, 3.8) is 0 Å². The quantitative estimate of drug-likeness (QED) is 0.384. The van der Waals surface area contributed by atoms with E-state index >= 15 is 0 Å². The summed E-state index contributed by atoms with van der Waals surface area (Å²) in [5, 5.41) is 15.5. The van der Waals surface area contributed by atoms with Gasteiger partial charge < -0.3 is 20.5 Å². The molecule has 0 saturated heterocycles. The number of hydrogen-bond acceptors (Lipinski definition) is 5. The lowest BCUT2D eigenvalue weighted by Crippen LogP contribution is -2.42. The molecule has 7 heteroatoms. The number of carboxylic acid groups (broad SMARTS) is 1. The molecule has 3 aromatic rings. The minimum Gasteiger partial charge on any atom is -0.494 e. The highest BCUT2D eigenvalue weighted by Gasteiger charge is 2.22. The summed E-state index contributed by atoms with van der Waals surface area (Å²) in [6.07, 6.45) is 2.73. The first-order valence-electron chi connectivity index (χ1n) is 10.9. The number of rotatable bonds is 11. The number of carbonyl (C=O) groups excluding carboxylic acids is 1. The summed E-state index contributed by atoms with van der Waals surface area (Å²) in [4.78, 5) is 28.7. The van der Waals surface area contributed by atoms with Gasteiger partial charge in [0.05, 0.1) is 6.61 Å². The Bertz CT molecular complexity index is 1050. The van der Waals surface area contributed by atoms with Crippen molar-refractivity contribution in [2.45, 2.75) is 32.7 Å². The van der Waals surface area contributed by atoms with E-state index < -0.39 is 12.0 Å². The first-order valence-corrected chi connectivity index (χ1v) is 10.9. The van der Waals surface area contributed by atoms with Crippen molar-refractivity contribution in [3.8, 4) is 5.75 Å². The number of aryl methyl sites for hydroxylation is 2. The predicted octanol–water partition coefficient (Wildman–Crippen LogP) is 4.01. The summed E-state index contributed by atoms with van der Waals surface area (Å²) >= 11 is 0. The second kappa shape index (κ2) is 11.7. The van der Waals surface area contributed by atoms with E-state index in [1.54, 1.807) is 6.20 Å². The summed E-state index contributed by atoms with van der Waals surface area (Å²) in [6, 6.07) is 17.5. The van der Waals surface area contributed by atoms with Crippen molar-refractivity contribution in [2.24, 2.45) is 0 Å². The van der Waals surface area contributed by atoms with Gasteiger partial charge in [0.15, 0.2) is 0 Å². The van der Waals surface area contributed by atoms with Crippen LogP contribution in [0.5, 0.6) is 5.75 Å². The number of anilines is 1. The molecule has 0 spiro atoms. The van der Waals surface area contributed by atoms with Crippen LogP contribution in [0, 0.1) is 13.8 Å². The van der Waals surface area contributed by atoms with Crippen LogP contribution < -0.4 is 15.4 Å². The SMILES string of the molecule is Cc1cccc(C)c1C(=O)N[C@@H](Cc1ccc(OCCCNc2ccccn2)cc1)C(=O)O. The normalized spacial score (nSPS) is 11.5. The summed E-state index contributed by atoms with van der Waals surface area (Å²) in [6.45, 7) is 4.97. The van der Waals surface area contributed by atoms with Gasteiger partial charge in [-0.1, -0.05) is 36.4 Å².